The van der Waals surface area contributed by atoms with E-state index in [-0.39, 0.29) is 34.9 Å². The van der Waals surface area contributed by atoms with E-state index in [1.165, 1.54) is 12.1 Å². The predicted octanol–water partition coefficient (Wildman–Crippen LogP) is 1.65. The van der Waals surface area contributed by atoms with Gasteiger partial charge in [-0.05, 0) is 30.2 Å². The highest BCUT2D eigenvalue weighted by Crippen LogP contribution is 2.17. The van der Waals surface area contributed by atoms with E-state index in [1.54, 1.807) is 19.1 Å². The number of carbonyl (C=O) groups is 1. The van der Waals surface area contributed by atoms with Crippen molar-refractivity contribution in [1.29, 1.82) is 0 Å². The summed E-state index contributed by atoms with van der Waals surface area (Å²) in [4.78, 5) is 12.3. The lowest BCUT2D eigenvalue weighted by Gasteiger charge is -2.18. The Morgan fingerprint density at radius 1 is 1.25 bits per heavy atom. The largest absolute Gasteiger partial charge is 0.330 e. The molecule has 1 rings (SSSR count). The number of benzene rings is 1. The van der Waals surface area contributed by atoms with Gasteiger partial charge in [0.25, 0.3) is 0 Å². The van der Waals surface area contributed by atoms with Gasteiger partial charge in [-0.2, -0.15) is 0 Å². The maximum absolute atomic E-state index is 12.0. The second kappa shape index (κ2) is 6.85. The van der Waals surface area contributed by atoms with Crippen LogP contribution in [0.2, 0.25) is 0 Å². The summed E-state index contributed by atoms with van der Waals surface area (Å²) >= 11 is 0. The molecule has 0 radical (unpaired) electrons. The Labute approximate surface area is 120 Å². The van der Waals surface area contributed by atoms with Crippen LogP contribution in [-0.2, 0) is 14.6 Å². The van der Waals surface area contributed by atoms with E-state index < -0.39 is 9.84 Å². The molecular formula is C14H22N2O3S. The minimum atomic E-state index is -3.21. The van der Waals surface area contributed by atoms with Crippen LogP contribution < -0.4 is 11.1 Å². The van der Waals surface area contributed by atoms with E-state index >= 15 is 0 Å². The summed E-state index contributed by atoms with van der Waals surface area (Å²) in [6.45, 7) is 5.76. The summed E-state index contributed by atoms with van der Waals surface area (Å²) in [5.41, 5.74) is 6.16. The van der Waals surface area contributed by atoms with Gasteiger partial charge >= 0.3 is 0 Å². The van der Waals surface area contributed by atoms with Crippen molar-refractivity contribution in [3.05, 3.63) is 24.3 Å². The van der Waals surface area contributed by atoms with E-state index in [0.717, 1.165) is 0 Å². The molecule has 6 heteroatoms. The molecular weight excluding hydrogens is 276 g/mol. The van der Waals surface area contributed by atoms with Crippen molar-refractivity contribution in [2.45, 2.75) is 25.7 Å². The highest BCUT2D eigenvalue weighted by molar-refractivity contribution is 7.91. The first-order valence-electron chi connectivity index (χ1n) is 6.65. The Morgan fingerprint density at radius 3 is 2.20 bits per heavy atom. The van der Waals surface area contributed by atoms with E-state index in [2.05, 4.69) is 5.32 Å². The molecule has 0 bridgehead atoms. The van der Waals surface area contributed by atoms with Gasteiger partial charge in [0, 0.05) is 12.2 Å². The number of nitrogens with one attached hydrogen (secondary N) is 1. The van der Waals surface area contributed by atoms with E-state index in [1.807, 2.05) is 13.8 Å². The Kier molecular flexibility index (Phi) is 5.71. The van der Waals surface area contributed by atoms with Gasteiger partial charge in [-0.25, -0.2) is 8.42 Å². The predicted molar refractivity (Wildman–Crippen MR) is 80.2 cm³/mol. The summed E-state index contributed by atoms with van der Waals surface area (Å²) in [5, 5.41) is 2.76. The SMILES string of the molecule is CCS(=O)(=O)c1ccc(NC(=O)C(CN)C(C)C)cc1. The summed E-state index contributed by atoms with van der Waals surface area (Å²) in [6.07, 6.45) is 0. The summed E-state index contributed by atoms with van der Waals surface area (Å²) in [7, 11) is -3.21. The lowest BCUT2D eigenvalue weighted by atomic mass is 9.95. The van der Waals surface area contributed by atoms with Crippen LogP contribution in [0.3, 0.4) is 0 Å². The fourth-order valence-corrected chi connectivity index (χ4v) is 2.71. The first-order chi connectivity index (χ1) is 9.31. The molecule has 1 unspecified atom stereocenters. The lowest BCUT2D eigenvalue weighted by Crippen LogP contribution is -2.33. The van der Waals surface area contributed by atoms with Gasteiger partial charge in [-0.15, -0.1) is 0 Å². The fourth-order valence-electron chi connectivity index (χ4n) is 1.83. The van der Waals surface area contributed by atoms with Gasteiger partial charge in [0.05, 0.1) is 16.6 Å². The van der Waals surface area contributed by atoms with Crippen molar-refractivity contribution in [1.82, 2.24) is 0 Å². The second-order valence-corrected chi connectivity index (χ2v) is 7.28. The number of hydrogen-bond acceptors (Lipinski definition) is 4. The van der Waals surface area contributed by atoms with Crippen LogP contribution in [0.4, 0.5) is 5.69 Å². The molecule has 0 heterocycles. The Hall–Kier alpha value is -1.40. The molecule has 0 fully saturated rings. The number of hydrogen-bond donors (Lipinski definition) is 2. The smallest absolute Gasteiger partial charge is 0.229 e. The van der Waals surface area contributed by atoms with Crippen molar-refractivity contribution in [2.75, 3.05) is 17.6 Å². The van der Waals surface area contributed by atoms with Crippen LogP contribution in [0.5, 0.6) is 0 Å². The molecule has 1 aromatic rings. The van der Waals surface area contributed by atoms with Gasteiger partial charge in [-0.1, -0.05) is 20.8 Å². The van der Waals surface area contributed by atoms with E-state index in [9.17, 15) is 13.2 Å². The highest BCUT2D eigenvalue weighted by atomic mass is 32.2. The minimum absolute atomic E-state index is 0.0568. The lowest BCUT2D eigenvalue weighted by molar-refractivity contribution is -0.120. The molecule has 0 aliphatic carbocycles. The number of anilines is 1. The topological polar surface area (TPSA) is 89.3 Å². The van der Waals surface area contributed by atoms with Crippen molar-refractivity contribution >= 4 is 21.4 Å². The van der Waals surface area contributed by atoms with Gasteiger partial charge in [0.2, 0.25) is 5.91 Å². The molecule has 0 aliphatic heterocycles. The van der Waals surface area contributed by atoms with Crippen LogP contribution in [0.15, 0.2) is 29.2 Å². The van der Waals surface area contributed by atoms with Crippen LogP contribution in [-0.4, -0.2) is 26.6 Å². The third-order valence-corrected chi connectivity index (χ3v) is 5.01. The Morgan fingerprint density at radius 2 is 1.80 bits per heavy atom. The number of sulfone groups is 1. The molecule has 3 N–H and O–H groups in total. The second-order valence-electron chi connectivity index (χ2n) is 5.00. The average molecular weight is 298 g/mol. The molecule has 0 aliphatic rings. The number of nitrogens with two attached hydrogens (primary N) is 1. The molecule has 1 atom stereocenters. The Bertz CT molecular complexity index is 550. The molecule has 112 valence electrons. The van der Waals surface area contributed by atoms with Crippen molar-refractivity contribution in [3.8, 4) is 0 Å². The van der Waals surface area contributed by atoms with E-state index in [0.29, 0.717) is 5.69 Å². The number of amides is 1. The van der Waals surface area contributed by atoms with Crippen LogP contribution >= 0.6 is 0 Å². The van der Waals surface area contributed by atoms with Crippen molar-refractivity contribution in [3.63, 3.8) is 0 Å². The highest BCUT2D eigenvalue weighted by Gasteiger charge is 2.20. The molecule has 0 spiro atoms. The van der Waals surface area contributed by atoms with Gasteiger partial charge in [0.1, 0.15) is 0 Å². The van der Waals surface area contributed by atoms with Gasteiger partial charge < -0.3 is 11.1 Å². The third-order valence-electron chi connectivity index (χ3n) is 3.26. The van der Waals surface area contributed by atoms with Crippen LogP contribution in [0.1, 0.15) is 20.8 Å². The normalized spacial score (nSPS) is 13.2. The maximum atomic E-state index is 12.0. The number of rotatable bonds is 6. The zero-order valence-corrected chi connectivity index (χ0v) is 12.9. The van der Waals surface area contributed by atoms with Crippen molar-refractivity contribution in [2.24, 2.45) is 17.6 Å². The maximum Gasteiger partial charge on any atom is 0.229 e. The van der Waals surface area contributed by atoms with Gasteiger partial charge in [0.15, 0.2) is 9.84 Å². The van der Waals surface area contributed by atoms with Crippen LogP contribution in [0.25, 0.3) is 0 Å². The Balaban J connectivity index is 2.83. The monoisotopic (exact) mass is 298 g/mol. The average Bonchev–Trinajstić information content (AvgIpc) is 2.39. The molecule has 20 heavy (non-hydrogen) atoms. The first kappa shape index (κ1) is 16.7. The van der Waals surface area contributed by atoms with Crippen molar-refractivity contribution < 1.29 is 13.2 Å². The fraction of sp³-hybridized carbons (Fsp3) is 0.500. The third kappa shape index (κ3) is 4.05. The first-order valence-corrected chi connectivity index (χ1v) is 8.30. The van der Waals surface area contributed by atoms with E-state index in [4.69, 9.17) is 5.73 Å². The molecule has 1 amide bonds. The summed E-state index contributed by atoms with van der Waals surface area (Å²) in [5.74, 6) is -0.191. The minimum Gasteiger partial charge on any atom is -0.330 e. The van der Waals surface area contributed by atoms with Crippen LogP contribution in [0, 0.1) is 11.8 Å². The molecule has 0 saturated carbocycles. The zero-order valence-electron chi connectivity index (χ0n) is 12.1. The van der Waals surface area contributed by atoms with Gasteiger partial charge in [-0.3, -0.25) is 4.79 Å². The standard InChI is InChI=1S/C14H22N2O3S/c1-4-20(18,19)12-7-5-11(6-8-12)16-14(17)13(9-15)10(2)3/h5-8,10,13H,4,9,15H2,1-3H3,(H,16,17). The zero-order chi connectivity index (χ0) is 15.3. The molecule has 0 saturated heterocycles. The molecule has 1 aromatic carbocycles. The molecule has 5 nitrogen and oxygen atoms in total. The quantitative estimate of drug-likeness (QED) is 0.835. The summed E-state index contributed by atoms with van der Waals surface area (Å²) < 4.78 is 23.3. The molecule has 0 aromatic heterocycles. The number of carbonyl (C=O) groups excluding carboxylic acids is 1. The summed E-state index contributed by atoms with van der Waals surface area (Å²) in [6, 6.07) is 6.19.